The summed E-state index contributed by atoms with van der Waals surface area (Å²) in [5.41, 5.74) is 5.97. The van der Waals surface area contributed by atoms with E-state index in [9.17, 15) is 0 Å². The summed E-state index contributed by atoms with van der Waals surface area (Å²) in [5, 5.41) is 0. The molecule has 0 N–H and O–H groups in total. The minimum absolute atomic E-state index is 0.0179. The fourth-order valence-corrected chi connectivity index (χ4v) is 4.20. The van der Waals surface area contributed by atoms with Crippen LogP contribution >= 0.6 is 0 Å². The van der Waals surface area contributed by atoms with Crippen molar-refractivity contribution in [3.8, 4) is 0 Å². The highest BCUT2D eigenvalue weighted by Crippen LogP contribution is 2.33. The molecule has 0 unspecified atom stereocenters. The molecule has 29 heavy (non-hydrogen) atoms. The number of aryl methyl sites for hydroxylation is 4. The summed E-state index contributed by atoms with van der Waals surface area (Å²) in [4.78, 5) is 4.79. The molecule has 0 saturated carbocycles. The molecule has 0 amide bonds. The summed E-state index contributed by atoms with van der Waals surface area (Å²) in [5.74, 6) is 0. The van der Waals surface area contributed by atoms with Gasteiger partial charge in [-0.3, -0.25) is 0 Å². The van der Waals surface area contributed by atoms with Crippen LogP contribution in [0.4, 0.5) is 11.4 Å². The fraction of sp³-hybridized carbons (Fsp3) is 0.556. The van der Waals surface area contributed by atoms with Gasteiger partial charge in [-0.25, -0.2) is 0 Å². The van der Waals surface area contributed by atoms with Crippen LogP contribution in [0.1, 0.15) is 74.3 Å². The lowest BCUT2D eigenvalue weighted by Gasteiger charge is -2.43. The standard InChI is InChI=1S/C27H42N2/c1-20-14-11-15-21(2)24(20)28(26(5,6)7)18-13-19-29(27(8,9)10)25-22(3)16-12-17-23(25)4/h11-12,14-17H,13,18-19H2,1-10H3/i1D3. The molecule has 0 fully saturated rings. The lowest BCUT2D eigenvalue weighted by atomic mass is 9.98. The van der Waals surface area contributed by atoms with Gasteiger partial charge in [0.1, 0.15) is 0 Å². The first-order valence-electron chi connectivity index (χ1n) is 12.3. The maximum Gasteiger partial charge on any atom is 0.0429 e. The number of hydrogen-bond acceptors (Lipinski definition) is 2. The van der Waals surface area contributed by atoms with Crippen LogP contribution in [-0.2, 0) is 0 Å². The zero-order valence-electron chi connectivity index (χ0n) is 23.0. The van der Waals surface area contributed by atoms with Crippen LogP contribution in [-0.4, -0.2) is 24.2 Å². The van der Waals surface area contributed by atoms with Gasteiger partial charge in [0.15, 0.2) is 0 Å². The molecule has 0 atom stereocenters. The van der Waals surface area contributed by atoms with E-state index in [0.717, 1.165) is 30.8 Å². The first-order valence-corrected chi connectivity index (χ1v) is 10.8. The predicted octanol–water partition coefficient (Wildman–Crippen LogP) is 7.22. The fourth-order valence-electron chi connectivity index (χ4n) is 4.20. The van der Waals surface area contributed by atoms with Gasteiger partial charge in [0.05, 0.1) is 0 Å². The molecule has 160 valence electrons. The van der Waals surface area contributed by atoms with Gasteiger partial charge >= 0.3 is 0 Å². The van der Waals surface area contributed by atoms with Crippen molar-refractivity contribution in [3.63, 3.8) is 0 Å². The van der Waals surface area contributed by atoms with Crippen LogP contribution < -0.4 is 9.80 Å². The van der Waals surface area contributed by atoms with Crippen molar-refractivity contribution < 1.29 is 4.11 Å². The molecule has 0 aliphatic carbocycles. The van der Waals surface area contributed by atoms with Crippen molar-refractivity contribution in [1.29, 1.82) is 0 Å². The molecule has 2 nitrogen and oxygen atoms in total. The van der Waals surface area contributed by atoms with Crippen molar-refractivity contribution in [3.05, 3.63) is 58.7 Å². The molecule has 2 rings (SSSR count). The van der Waals surface area contributed by atoms with Crippen molar-refractivity contribution in [2.75, 3.05) is 22.9 Å². The second kappa shape index (κ2) is 8.81. The molecule has 0 aromatic heterocycles. The van der Waals surface area contributed by atoms with Crippen LogP contribution in [0.25, 0.3) is 0 Å². The zero-order chi connectivity index (χ0) is 24.5. The first kappa shape index (κ1) is 19.0. The maximum absolute atomic E-state index is 8.09. The Morgan fingerprint density at radius 1 is 0.655 bits per heavy atom. The number of anilines is 2. The largest absolute Gasteiger partial charge is 0.366 e. The van der Waals surface area contributed by atoms with E-state index < -0.39 is 6.85 Å². The smallest absolute Gasteiger partial charge is 0.0429 e. The van der Waals surface area contributed by atoms with Gasteiger partial charge in [0.25, 0.3) is 0 Å². The normalized spacial score (nSPS) is 14.2. The summed E-state index contributed by atoms with van der Waals surface area (Å²) in [6.07, 6.45) is 0.928. The molecule has 2 heteroatoms. The van der Waals surface area contributed by atoms with Crippen LogP contribution in [0.3, 0.4) is 0 Å². The molecule has 0 aliphatic heterocycles. The number of hydrogen-bond donors (Lipinski definition) is 0. The Labute approximate surface area is 184 Å². The minimum atomic E-state index is -2.14. The highest BCUT2D eigenvalue weighted by molar-refractivity contribution is 5.61. The van der Waals surface area contributed by atoms with Gasteiger partial charge < -0.3 is 9.80 Å². The Kier molecular flexibility index (Phi) is 5.78. The van der Waals surface area contributed by atoms with Crippen LogP contribution in [0.5, 0.6) is 0 Å². The van der Waals surface area contributed by atoms with Crippen LogP contribution in [0.2, 0.25) is 0 Å². The predicted molar refractivity (Wildman–Crippen MR) is 131 cm³/mol. The van der Waals surface area contributed by atoms with Gasteiger partial charge in [0, 0.05) is 39.7 Å². The average Bonchev–Trinajstić information content (AvgIpc) is 2.61. The molecule has 0 saturated heterocycles. The third-order valence-electron chi connectivity index (χ3n) is 5.60. The molecule has 0 aliphatic rings. The van der Waals surface area contributed by atoms with Gasteiger partial charge in [-0.2, -0.15) is 0 Å². The topological polar surface area (TPSA) is 6.48 Å². The molecule has 0 spiro atoms. The molecule has 2 aromatic rings. The Bertz CT molecular complexity index is 898. The second-order valence-corrected chi connectivity index (χ2v) is 10.2. The molecule has 2 aromatic carbocycles. The summed E-state index contributed by atoms with van der Waals surface area (Å²) in [6, 6.07) is 12.1. The number of rotatable bonds is 6. The Balaban J connectivity index is 2.39. The average molecular weight is 398 g/mol. The van der Waals surface area contributed by atoms with Crippen LogP contribution in [0, 0.1) is 27.6 Å². The van der Waals surface area contributed by atoms with Gasteiger partial charge in [-0.15, -0.1) is 0 Å². The Morgan fingerprint density at radius 2 is 1.00 bits per heavy atom. The monoisotopic (exact) mass is 397 g/mol. The van der Waals surface area contributed by atoms with E-state index in [-0.39, 0.29) is 11.1 Å². The van der Waals surface area contributed by atoms with Crippen molar-refractivity contribution in [2.45, 2.75) is 86.7 Å². The van der Waals surface area contributed by atoms with E-state index in [0.29, 0.717) is 5.56 Å². The lowest BCUT2D eigenvalue weighted by molar-refractivity contribution is 0.466. The molecule has 0 bridgehead atoms. The van der Waals surface area contributed by atoms with E-state index in [1.165, 1.54) is 16.8 Å². The van der Waals surface area contributed by atoms with Crippen LogP contribution in [0.15, 0.2) is 36.4 Å². The Hall–Kier alpha value is -1.96. The molecule has 0 radical (unpaired) electrons. The number of nitrogens with zero attached hydrogens (tertiary/aromatic N) is 2. The van der Waals surface area contributed by atoms with E-state index in [4.69, 9.17) is 4.11 Å². The van der Waals surface area contributed by atoms with E-state index in [1.54, 1.807) is 6.07 Å². The van der Waals surface area contributed by atoms with E-state index >= 15 is 0 Å². The second-order valence-electron chi connectivity index (χ2n) is 10.2. The van der Waals surface area contributed by atoms with E-state index in [1.807, 2.05) is 19.1 Å². The van der Waals surface area contributed by atoms with Gasteiger partial charge in [-0.05, 0) is 97.8 Å². The van der Waals surface area contributed by atoms with Crippen molar-refractivity contribution in [2.24, 2.45) is 0 Å². The SMILES string of the molecule is [2H]C([2H])([2H])c1cccc(C)c1N(CCCN(c1c(C)cccc1C)C(C)(C)C)C(C)(C)C. The zero-order valence-corrected chi connectivity index (χ0v) is 20.0. The van der Waals surface area contributed by atoms with E-state index in [2.05, 4.69) is 83.4 Å². The molecule has 0 heterocycles. The molecular formula is C27H42N2. The highest BCUT2D eigenvalue weighted by atomic mass is 15.2. The lowest BCUT2D eigenvalue weighted by Crippen LogP contribution is -2.46. The quantitative estimate of drug-likeness (QED) is 0.507. The highest BCUT2D eigenvalue weighted by Gasteiger charge is 2.27. The minimum Gasteiger partial charge on any atom is -0.366 e. The summed E-state index contributed by atoms with van der Waals surface area (Å²) >= 11 is 0. The Morgan fingerprint density at radius 3 is 1.34 bits per heavy atom. The first-order chi connectivity index (χ1) is 14.5. The summed E-state index contributed by atoms with van der Waals surface area (Å²) < 4.78 is 24.3. The van der Waals surface area contributed by atoms with Crippen molar-refractivity contribution in [1.82, 2.24) is 0 Å². The summed E-state index contributed by atoms with van der Waals surface area (Å²) in [6.45, 7) is 19.2. The van der Waals surface area contributed by atoms with Gasteiger partial charge in [0.2, 0.25) is 0 Å². The maximum atomic E-state index is 8.09. The molecular weight excluding hydrogens is 352 g/mol. The number of benzene rings is 2. The van der Waals surface area contributed by atoms with Crippen molar-refractivity contribution >= 4 is 11.4 Å². The van der Waals surface area contributed by atoms with Gasteiger partial charge in [-0.1, -0.05) is 36.4 Å². The summed E-state index contributed by atoms with van der Waals surface area (Å²) in [7, 11) is 0. The number of para-hydroxylation sites is 2. The third kappa shape index (κ3) is 5.56. The third-order valence-corrected chi connectivity index (χ3v) is 5.60.